The molecule has 0 saturated carbocycles. The van der Waals surface area contributed by atoms with E-state index < -0.39 is 0 Å². The lowest BCUT2D eigenvalue weighted by atomic mass is 10.2. The van der Waals surface area contributed by atoms with Crippen LogP contribution in [0.3, 0.4) is 0 Å². The third-order valence-corrected chi connectivity index (χ3v) is 4.29. The Hall–Kier alpha value is -1.99. The molecule has 0 radical (unpaired) electrons. The lowest BCUT2D eigenvalue weighted by Gasteiger charge is -1.98. The number of thiazole rings is 1. The monoisotopic (exact) mass is 334 g/mol. The standard InChI is InChI=1S/C15H14N2O3S2/c1-21-7-11-8-22-15(16-11)17-14(18)5-3-10-2-4-12-13(6-10)20-9-19-12/h2-6,8H,7,9H2,1H3,(H,16,17,18)/b5-3+. The third kappa shape index (κ3) is 3.61. The minimum atomic E-state index is -0.206. The number of amides is 1. The number of benzene rings is 1. The molecule has 0 atom stereocenters. The largest absolute Gasteiger partial charge is 0.454 e. The number of nitrogens with zero attached hydrogens (tertiary/aromatic N) is 1. The van der Waals surface area contributed by atoms with Crippen LogP contribution >= 0.6 is 23.1 Å². The molecule has 0 aliphatic carbocycles. The van der Waals surface area contributed by atoms with Gasteiger partial charge in [-0.15, -0.1) is 11.3 Å². The molecule has 2 heterocycles. The second-order valence-corrected chi connectivity index (χ2v) is 6.24. The molecule has 114 valence electrons. The molecule has 1 aliphatic heterocycles. The summed E-state index contributed by atoms with van der Waals surface area (Å²) in [5.74, 6) is 2.07. The van der Waals surface area contributed by atoms with Gasteiger partial charge in [0.1, 0.15) is 0 Å². The summed E-state index contributed by atoms with van der Waals surface area (Å²) in [4.78, 5) is 16.2. The summed E-state index contributed by atoms with van der Waals surface area (Å²) >= 11 is 3.13. The van der Waals surface area contributed by atoms with Gasteiger partial charge in [-0.1, -0.05) is 6.07 Å². The number of carbonyl (C=O) groups excluding carboxylic acids is 1. The Balaban J connectivity index is 1.60. The smallest absolute Gasteiger partial charge is 0.250 e. The number of ether oxygens (including phenoxy) is 2. The molecule has 0 spiro atoms. The predicted molar refractivity (Wildman–Crippen MR) is 89.6 cm³/mol. The van der Waals surface area contributed by atoms with E-state index in [0.717, 1.165) is 22.8 Å². The molecule has 22 heavy (non-hydrogen) atoms. The molecule has 1 N–H and O–H groups in total. The van der Waals surface area contributed by atoms with Crippen molar-refractivity contribution in [2.45, 2.75) is 5.75 Å². The summed E-state index contributed by atoms with van der Waals surface area (Å²) in [5, 5.41) is 5.33. The number of nitrogens with one attached hydrogen (secondary N) is 1. The molecule has 1 aliphatic rings. The van der Waals surface area contributed by atoms with Crippen LogP contribution in [-0.2, 0) is 10.5 Å². The summed E-state index contributed by atoms with van der Waals surface area (Å²) in [7, 11) is 0. The van der Waals surface area contributed by atoms with Crippen LogP contribution in [-0.4, -0.2) is 23.9 Å². The van der Waals surface area contributed by atoms with Crippen molar-refractivity contribution in [1.29, 1.82) is 0 Å². The predicted octanol–water partition coefficient (Wildman–Crippen LogP) is 3.39. The molecule has 1 amide bonds. The van der Waals surface area contributed by atoms with E-state index in [4.69, 9.17) is 9.47 Å². The highest BCUT2D eigenvalue weighted by Crippen LogP contribution is 2.32. The lowest BCUT2D eigenvalue weighted by Crippen LogP contribution is -2.07. The Morgan fingerprint density at radius 2 is 2.32 bits per heavy atom. The first-order valence-electron chi connectivity index (χ1n) is 6.56. The van der Waals surface area contributed by atoms with Crippen molar-refractivity contribution >= 4 is 40.2 Å². The highest BCUT2D eigenvalue weighted by Gasteiger charge is 2.12. The molecular formula is C15H14N2O3S2. The summed E-state index contributed by atoms with van der Waals surface area (Å²) in [6.07, 6.45) is 5.23. The van der Waals surface area contributed by atoms with Crippen molar-refractivity contribution in [3.8, 4) is 11.5 Å². The van der Waals surface area contributed by atoms with Gasteiger partial charge >= 0.3 is 0 Å². The van der Waals surface area contributed by atoms with E-state index in [-0.39, 0.29) is 12.7 Å². The Bertz CT molecular complexity index is 713. The van der Waals surface area contributed by atoms with Crippen molar-refractivity contribution in [2.75, 3.05) is 18.4 Å². The molecule has 0 unspecified atom stereocenters. The fourth-order valence-corrected chi connectivity index (χ4v) is 3.18. The average Bonchev–Trinajstić information content (AvgIpc) is 3.14. The average molecular weight is 334 g/mol. The highest BCUT2D eigenvalue weighted by atomic mass is 32.2. The van der Waals surface area contributed by atoms with Crippen molar-refractivity contribution < 1.29 is 14.3 Å². The molecule has 1 aromatic heterocycles. The van der Waals surface area contributed by atoms with Crippen molar-refractivity contribution in [3.63, 3.8) is 0 Å². The van der Waals surface area contributed by atoms with Crippen LogP contribution in [0.2, 0.25) is 0 Å². The maximum absolute atomic E-state index is 11.9. The number of anilines is 1. The van der Waals surface area contributed by atoms with E-state index in [1.165, 1.54) is 17.4 Å². The molecule has 2 aromatic rings. The summed E-state index contributed by atoms with van der Waals surface area (Å²) in [6.45, 7) is 0.241. The molecule has 7 heteroatoms. The van der Waals surface area contributed by atoms with Gasteiger partial charge in [0.25, 0.3) is 0 Å². The van der Waals surface area contributed by atoms with Gasteiger partial charge in [-0.25, -0.2) is 4.98 Å². The van der Waals surface area contributed by atoms with Gasteiger partial charge in [0, 0.05) is 17.2 Å². The Morgan fingerprint density at radius 3 is 3.18 bits per heavy atom. The van der Waals surface area contributed by atoms with Gasteiger partial charge in [0.2, 0.25) is 12.7 Å². The normalized spacial score (nSPS) is 12.8. The lowest BCUT2D eigenvalue weighted by molar-refractivity contribution is -0.111. The third-order valence-electron chi connectivity index (χ3n) is 2.90. The van der Waals surface area contributed by atoms with E-state index in [9.17, 15) is 4.79 Å². The fraction of sp³-hybridized carbons (Fsp3) is 0.200. The van der Waals surface area contributed by atoms with Crippen LogP contribution in [0.25, 0.3) is 6.08 Å². The van der Waals surface area contributed by atoms with Gasteiger partial charge < -0.3 is 9.47 Å². The number of aromatic nitrogens is 1. The molecule has 0 fully saturated rings. The van der Waals surface area contributed by atoms with Crippen molar-refractivity contribution in [1.82, 2.24) is 4.98 Å². The second kappa shape index (κ2) is 6.85. The molecule has 1 aromatic carbocycles. The van der Waals surface area contributed by atoms with E-state index in [0.29, 0.717) is 10.9 Å². The minimum Gasteiger partial charge on any atom is -0.454 e. The van der Waals surface area contributed by atoms with Crippen LogP contribution < -0.4 is 14.8 Å². The van der Waals surface area contributed by atoms with E-state index >= 15 is 0 Å². The van der Waals surface area contributed by atoms with E-state index in [2.05, 4.69) is 10.3 Å². The summed E-state index contributed by atoms with van der Waals surface area (Å²) in [6, 6.07) is 5.54. The molecule has 5 nitrogen and oxygen atoms in total. The first kappa shape index (κ1) is 14.9. The maximum atomic E-state index is 11.9. The van der Waals surface area contributed by atoms with Gasteiger partial charge in [-0.3, -0.25) is 10.1 Å². The molecule has 0 saturated heterocycles. The van der Waals surface area contributed by atoms with Gasteiger partial charge in [-0.05, 0) is 30.0 Å². The zero-order valence-corrected chi connectivity index (χ0v) is 13.5. The van der Waals surface area contributed by atoms with Crippen LogP contribution in [0, 0.1) is 0 Å². The number of fused-ring (bicyclic) bond motifs is 1. The quantitative estimate of drug-likeness (QED) is 0.849. The number of carbonyl (C=O) groups is 1. The number of rotatable bonds is 5. The molecular weight excluding hydrogens is 320 g/mol. The Labute approximate surface area is 136 Å². The fourth-order valence-electron chi connectivity index (χ4n) is 1.91. The SMILES string of the molecule is CSCc1csc(NC(=O)/C=C/c2ccc3c(c2)OCO3)n1. The van der Waals surface area contributed by atoms with E-state index in [1.54, 1.807) is 17.8 Å². The number of hydrogen-bond donors (Lipinski definition) is 1. The first-order valence-corrected chi connectivity index (χ1v) is 8.84. The topological polar surface area (TPSA) is 60.5 Å². The van der Waals surface area contributed by atoms with Crippen LogP contribution in [0.15, 0.2) is 29.7 Å². The van der Waals surface area contributed by atoms with Crippen molar-refractivity contribution in [3.05, 3.63) is 40.9 Å². The maximum Gasteiger partial charge on any atom is 0.250 e. The molecule has 0 bridgehead atoms. The zero-order valence-electron chi connectivity index (χ0n) is 11.9. The number of hydrogen-bond acceptors (Lipinski definition) is 6. The zero-order chi connectivity index (χ0) is 15.4. The van der Waals surface area contributed by atoms with Gasteiger partial charge in [0.05, 0.1) is 5.69 Å². The number of thioether (sulfide) groups is 1. The van der Waals surface area contributed by atoms with Gasteiger partial charge in [-0.2, -0.15) is 11.8 Å². The van der Waals surface area contributed by atoms with Crippen LogP contribution in [0.1, 0.15) is 11.3 Å². The van der Waals surface area contributed by atoms with E-state index in [1.807, 2.05) is 29.8 Å². The van der Waals surface area contributed by atoms with Crippen LogP contribution in [0.5, 0.6) is 11.5 Å². The summed E-state index contributed by atoms with van der Waals surface area (Å²) in [5.41, 5.74) is 1.86. The second-order valence-electron chi connectivity index (χ2n) is 4.51. The first-order chi connectivity index (χ1) is 10.7. The van der Waals surface area contributed by atoms with Gasteiger partial charge in [0.15, 0.2) is 16.6 Å². The highest BCUT2D eigenvalue weighted by molar-refractivity contribution is 7.97. The summed E-state index contributed by atoms with van der Waals surface area (Å²) < 4.78 is 10.5. The Morgan fingerprint density at radius 1 is 1.45 bits per heavy atom. The molecule has 3 rings (SSSR count). The minimum absolute atomic E-state index is 0.206. The Kier molecular flexibility index (Phi) is 4.65. The van der Waals surface area contributed by atoms with Crippen molar-refractivity contribution in [2.24, 2.45) is 0 Å². The van der Waals surface area contributed by atoms with Crippen LogP contribution in [0.4, 0.5) is 5.13 Å².